The second kappa shape index (κ2) is 16.4. The monoisotopic (exact) mass is 537 g/mol. The molecular formula is C33H44ClNO3. The predicted molar refractivity (Wildman–Crippen MR) is 157 cm³/mol. The number of ketones is 1. The van der Waals surface area contributed by atoms with Crippen molar-refractivity contribution in [3.8, 4) is 0 Å². The maximum absolute atomic E-state index is 13.1. The van der Waals surface area contributed by atoms with E-state index in [-0.39, 0.29) is 11.3 Å². The lowest BCUT2D eigenvalue weighted by atomic mass is 9.95. The van der Waals surface area contributed by atoms with E-state index in [9.17, 15) is 14.7 Å². The van der Waals surface area contributed by atoms with Gasteiger partial charge in [-0.1, -0.05) is 144 Å². The van der Waals surface area contributed by atoms with Crippen LogP contribution in [0.4, 0.5) is 0 Å². The maximum Gasteiger partial charge on any atom is 0.295 e. The molecule has 1 atom stereocenters. The Labute approximate surface area is 234 Å². The first kappa shape index (κ1) is 30.0. The van der Waals surface area contributed by atoms with E-state index in [1.165, 1.54) is 70.6 Å². The number of likely N-dealkylation sites (tertiary alicyclic amines) is 1. The molecule has 1 saturated heterocycles. The average molecular weight is 538 g/mol. The molecule has 1 amide bonds. The molecular weight excluding hydrogens is 494 g/mol. The van der Waals surface area contributed by atoms with Gasteiger partial charge in [-0.2, -0.15) is 0 Å². The Morgan fingerprint density at radius 3 is 1.76 bits per heavy atom. The van der Waals surface area contributed by atoms with Gasteiger partial charge in [0.25, 0.3) is 11.7 Å². The highest BCUT2D eigenvalue weighted by molar-refractivity contribution is 6.46. The van der Waals surface area contributed by atoms with Gasteiger partial charge in [-0.05, 0) is 24.1 Å². The summed E-state index contributed by atoms with van der Waals surface area (Å²) in [4.78, 5) is 27.8. The number of nitrogens with zero attached hydrogens (tertiary/aromatic N) is 1. The summed E-state index contributed by atoms with van der Waals surface area (Å²) in [6.45, 7) is 2.75. The minimum atomic E-state index is -0.628. The second-order valence-corrected chi connectivity index (χ2v) is 10.9. The summed E-state index contributed by atoms with van der Waals surface area (Å²) >= 11 is 6.10. The van der Waals surface area contributed by atoms with Crippen LogP contribution in [-0.2, 0) is 9.59 Å². The number of hydrogen-bond acceptors (Lipinski definition) is 3. The van der Waals surface area contributed by atoms with Gasteiger partial charge in [-0.15, -0.1) is 0 Å². The Hall–Kier alpha value is -2.59. The molecule has 0 unspecified atom stereocenters. The molecule has 0 aliphatic carbocycles. The van der Waals surface area contributed by atoms with Gasteiger partial charge < -0.3 is 10.0 Å². The summed E-state index contributed by atoms with van der Waals surface area (Å²) in [5.74, 6) is -1.30. The molecule has 38 heavy (non-hydrogen) atoms. The van der Waals surface area contributed by atoms with E-state index in [0.717, 1.165) is 24.8 Å². The third kappa shape index (κ3) is 8.73. The zero-order chi connectivity index (χ0) is 27.2. The normalized spacial score (nSPS) is 16.9. The number of Topliss-reactive ketones (excluding diaryl/α,β-unsaturated/α-hetero) is 1. The van der Waals surface area contributed by atoms with Crippen molar-refractivity contribution >= 4 is 29.1 Å². The topological polar surface area (TPSA) is 57.6 Å². The molecule has 0 spiro atoms. The van der Waals surface area contributed by atoms with E-state index in [1.807, 2.05) is 18.2 Å². The molecule has 3 rings (SSSR count). The summed E-state index contributed by atoms with van der Waals surface area (Å²) in [6, 6.07) is 15.5. The second-order valence-electron chi connectivity index (χ2n) is 10.5. The third-order valence-electron chi connectivity index (χ3n) is 7.53. The third-order valence-corrected chi connectivity index (χ3v) is 7.78. The van der Waals surface area contributed by atoms with E-state index >= 15 is 0 Å². The number of aliphatic hydroxyl groups excluding tert-OH is 1. The lowest BCUT2D eigenvalue weighted by molar-refractivity contribution is -0.139. The number of hydrogen-bond donors (Lipinski definition) is 1. The van der Waals surface area contributed by atoms with Crippen molar-refractivity contribution in [2.24, 2.45) is 0 Å². The first-order valence-electron chi connectivity index (χ1n) is 14.6. The van der Waals surface area contributed by atoms with Crippen LogP contribution < -0.4 is 0 Å². The van der Waals surface area contributed by atoms with Gasteiger partial charge in [-0.25, -0.2) is 0 Å². The Kier molecular flexibility index (Phi) is 12.9. The van der Waals surface area contributed by atoms with Crippen LogP contribution in [0.2, 0.25) is 5.02 Å². The first-order chi connectivity index (χ1) is 18.5. The number of halogens is 1. The molecule has 0 radical (unpaired) electrons. The molecule has 2 aromatic carbocycles. The quantitative estimate of drug-likeness (QED) is 0.0946. The van der Waals surface area contributed by atoms with E-state index < -0.39 is 17.7 Å². The van der Waals surface area contributed by atoms with Crippen LogP contribution in [0.5, 0.6) is 0 Å². The van der Waals surface area contributed by atoms with Gasteiger partial charge >= 0.3 is 0 Å². The highest BCUT2D eigenvalue weighted by Crippen LogP contribution is 2.39. The fourth-order valence-corrected chi connectivity index (χ4v) is 5.46. The van der Waals surface area contributed by atoms with E-state index in [4.69, 9.17) is 11.6 Å². The number of unbranched alkanes of at least 4 members (excludes halogenated alkanes) is 13. The Balaban J connectivity index is 1.50. The van der Waals surface area contributed by atoms with Crippen LogP contribution in [0.3, 0.4) is 0 Å². The van der Waals surface area contributed by atoms with Gasteiger partial charge in [0.2, 0.25) is 0 Å². The van der Waals surface area contributed by atoms with Crippen LogP contribution in [-0.4, -0.2) is 28.2 Å². The van der Waals surface area contributed by atoms with Crippen molar-refractivity contribution in [3.05, 3.63) is 76.3 Å². The molecule has 1 heterocycles. The molecule has 0 bridgehead atoms. The molecule has 1 N–H and O–H groups in total. The average Bonchev–Trinajstić information content (AvgIpc) is 3.18. The minimum Gasteiger partial charge on any atom is -0.507 e. The summed E-state index contributed by atoms with van der Waals surface area (Å²) < 4.78 is 0. The van der Waals surface area contributed by atoms with Gasteiger partial charge in [0, 0.05) is 17.1 Å². The number of carbonyl (C=O) groups is 2. The van der Waals surface area contributed by atoms with Crippen LogP contribution in [0, 0.1) is 0 Å². The SMILES string of the molecule is CCCCCCCCCCCCCCCCN1C(=O)C(=O)C(=C(O)c2ccccc2)[C@H]1c1ccc(Cl)cc1. The fourth-order valence-electron chi connectivity index (χ4n) is 5.33. The minimum absolute atomic E-state index is 0.132. The van der Waals surface area contributed by atoms with Gasteiger partial charge in [-0.3, -0.25) is 9.59 Å². The first-order valence-corrected chi connectivity index (χ1v) is 15.0. The number of rotatable bonds is 17. The molecule has 206 valence electrons. The zero-order valence-corrected chi connectivity index (χ0v) is 23.7. The number of amides is 1. The van der Waals surface area contributed by atoms with Crippen LogP contribution in [0.15, 0.2) is 60.2 Å². The van der Waals surface area contributed by atoms with E-state index in [2.05, 4.69) is 6.92 Å². The molecule has 0 aromatic heterocycles. The van der Waals surface area contributed by atoms with Crippen LogP contribution in [0.1, 0.15) is 114 Å². The molecule has 1 aliphatic rings. The zero-order valence-electron chi connectivity index (χ0n) is 23.0. The maximum atomic E-state index is 13.1. The van der Waals surface area contributed by atoms with Crippen LogP contribution in [0.25, 0.3) is 5.76 Å². The standard InChI is InChI=1S/C33H44ClNO3/c1-2-3-4-5-6-7-8-9-10-11-12-13-14-18-25-35-30(26-21-23-28(34)24-22-26)29(32(37)33(35)38)31(36)27-19-16-15-17-20-27/h15-17,19-24,30,36H,2-14,18,25H2,1H3/t30-/m1/s1. The number of aliphatic hydroxyl groups is 1. The van der Waals surface area contributed by atoms with Crippen molar-refractivity contribution in [1.29, 1.82) is 0 Å². The molecule has 1 fully saturated rings. The lowest BCUT2D eigenvalue weighted by Crippen LogP contribution is -2.30. The highest BCUT2D eigenvalue weighted by Gasteiger charge is 2.45. The van der Waals surface area contributed by atoms with Gasteiger partial charge in [0.05, 0.1) is 11.6 Å². The van der Waals surface area contributed by atoms with Crippen molar-refractivity contribution in [1.82, 2.24) is 4.90 Å². The summed E-state index contributed by atoms with van der Waals surface area (Å²) in [5, 5.41) is 11.6. The Morgan fingerprint density at radius 2 is 1.24 bits per heavy atom. The van der Waals surface area contributed by atoms with Gasteiger partial charge in [0.15, 0.2) is 0 Å². The highest BCUT2D eigenvalue weighted by atomic mass is 35.5. The van der Waals surface area contributed by atoms with Crippen molar-refractivity contribution < 1.29 is 14.7 Å². The molecule has 1 aliphatic heterocycles. The van der Waals surface area contributed by atoms with Crippen molar-refractivity contribution in [2.45, 2.75) is 103 Å². The van der Waals surface area contributed by atoms with Crippen molar-refractivity contribution in [3.63, 3.8) is 0 Å². The molecule has 5 heteroatoms. The molecule has 0 saturated carbocycles. The summed E-state index contributed by atoms with van der Waals surface area (Å²) in [6.07, 6.45) is 17.7. The molecule has 2 aromatic rings. The summed E-state index contributed by atoms with van der Waals surface area (Å²) in [7, 11) is 0. The largest absolute Gasteiger partial charge is 0.507 e. The van der Waals surface area contributed by atoms with Gasteiger partial charge in [0.1, 0.15) is 5.76 Å². The Morgan fingerprint density at radius 1 is 0.737 bits per heavy atom. The predicted octanol–water partition coefficient (Wildman–Crippen LogP) is 9.24. The number of carbonyl (C=O) groups excluding carboxylic acids is 2. The summed E-state index contributed by atoms with van der Waals surface area (Å²) in [5.41, 5.74) is 1.45. The Bertz CT molecular complexity index is 1030. The molecule has 4 nitrogen and oxygen atoms in total. The van der Waals surface area contributed by atoms with E-state index in [0.29, 0.717) is 17.1 Å². The number of benzene rings is 2. The smallest absolute Gasteiger partial charge is 0.295 e. The van der Waals surface area contributed by atoms with Crippen LogP contribution >= 0.6 is 11.6 Å². The van der Waals surface area contributed by atoms with Crippen molar-refractivity contribution in [2.75, 3.05) is 6.54 Å². The lowest BCUT2D eigenvalue weighted by Gasteiger charge is -2.25. The van der Waals surface area contributed by atoms with E-state index in [1.54, 1.807) is 41.3 Å². The fraction of sp³-hybridized carbons (Fsp3) is 0.515.